The highest BCUT2D eigenvalue weighted by Gasteiger charge is 2.17. The van der Waals surface area contributed by atoms with Gasteiger partial charge in [-0.05, 0) is 25.1 Å². The summed E-state index contributed by atoms with van der Waals surface area (Å²) in [6.07, 6.45) is 1.60. The lowest BCUT2D eigenvalue weighted by Gasteiger charge is -2.17. The Kier molecular flexibility index (Phi) is 4.12. The summed E-state index contributed by atoms with van der Waals surface area (Å²) in [4.78, 5) is 17.6. The number of amides is 1. The van der Waals surface area contributed by atoms with Crippen molar-refractivity contribution >= 4 is 29.1 Å². The van der Waals surface area contributed by atoms with Crippen LogP contribution in [0, 0.1) is 6.92 Å². The molecular formula is C13H12Cl2N2O2. The van der Waals surface area contributed by atoms with Crippen LogP contribution in [0.25, 0.3) is 0 Å². The van der Waals surface area contributed by atoms with E-state index in [0.29, 0.717) is 12.1 Å². The second-order valence-electron chi connectivity index (χ2n) is 4.14. The number of rotatable bonds is 3. The van der Waals surface area contributed by atoms with Crippen LogP contribution in [-0.2, 0) is 6.54 Å². The number of furan rings is 1. The maximum absolute atomic E-state index is 12.2. The fourth-order valence-electron chi connectivity index (χ4n) is 1.68. The molecule has 0 saturated carbocycles. The van der Waals surface area contributed by atoms with Gasteiger partial charge in [-0.25, -0.2) is 4.98 Å². The molecule has 1 amide bonds. The number of aryl methyl sites for hydroxylation is 1. The fourth-order valence-corrected chi connectivity index (χ4v) is 2.11. The zero-order valence-electron chi connectivity index (χ0n) is 10.5. The maximum atomic E-state index is 12.2. The van der Waals surface area contributed by atoms with E-state index < -0.39 is 0 Å². The molecule has 0 radical (unpaired) electrons. The van der Waals surface area contributed by atoms with Gasteiger partial charge in [0.15, 0.2) is 0 Å². The number of carbonyl (C=O) groups excluding carboxylic acids is 1. The second-order valence-corrected chi connectivity index (χ2v) is 4.88. The molecule has 0 spiro atoms. The van der Waals surface area contributed by atoms with Gasteiger partial charge in [0.1, 0.15) is 16.1 Å². The zero-order chi connectivity index (χ0) is 14.0. The molecule has 2 rings (SSSR count). The Morgan fingerprint density at radius 2 is 2.11 bits per heavy atom. The van der Waals surface area contributed by atoms with E-state index >= 15 is 0 Å². The molecule has 6 heteroatoms. The fraction of sp³-hybridized carbons (Fsp3) is 0.231. The summed E-state index contributed by atoms with van der Waals surface area (Å²) in [5.41, 5.74) is 1.28. The monoisotopic (exact) mass is 298 g/mol. The molecule has 0 unspecified atom stereocenters. The summed E-state index contributed by atoms with van der Waals surface area (Å²) in [6, 6.07) is 4.94. The minimum absolute atomic E-state index is 0.105. The Morgan fingerprint density at radius 3 is 2.68 bits per heavy atom. The van der Waals surface area contributed by atoms with Gasteiger partial charge >= 0.3 is 0 Å². The summed E-state index contributed by atoms with van der Waals surface area (Å²) in [6.45, 7) is 2.30. The van der Waals surface area contributed by atoms with Crippen molar-refractivity contribution in [2.45, 2.75) is 13.5 Å². The summed E-state index contributed by atoms with van der Waals surface area (Å²) in [5, 5.41) is 0.364. The van der Waals surface area contributed by atoms with E-state index in [4.69, 9.17) is 27.6 Å². The summed E-state index contributed by atoms with van der Waals surface area (Å²) in [5.74, 6) is 0.578. The average Bonchev–Trinajstić information content (AvgIpc) is 2.74. The third-order valence-corrected chi connectivity index (χ3v) is 3.26. The van der Waals surface area contributed by atoms with E-state index in [1.807, 2.05) is 13.0 Å². The van der Waals surface area contributed by atoms with Crippen LogP contribution in [0.1, 0.15) is 21.7 Å². The van der Waals surface area contributed by atoms with Crippen LogP contribution < -0.4 is 0 Å². The average molecular weight is 299 g/mol. The summed E-state index contributed by atoms with van der Waals surface area (Å²) in [7, 11) is 1.69. The maximum Gasteiger partial charge on any atom is 0.257 e. The molecule has 0 aliphatic rings. The summed E-state index contributed by atoms with van der Waals surface area (Å²) >= 11 is 11.6. The van der Waals surface area contributed by atoms with Crippen LogP contribution in [0.5, 0.6) is 0 Å². The van der Waals surface area contributed by atoms with Crippen molar-refractivity contribution in [3.05, 3.63) is 51.7 Å². The summed E-state index contributed by atoms with van der Waals surface area (Å²) < 4.78 is 5.20. The first kappa shape index (κ1) is 13.9. The smallest absolute Gasteiger partial charge is 0.257 e. The first-order chi connectivity index (χ1) is 8.99. The van der Waals surface area contributed by atoms with Crippen molar-refractivity contribution in [3.63, 3.8) is 0 Å². The molecule has 2 aromatic heterocycles. The zero-order valence-corrected chi connectivity index (χ0v) is 12.0. The molecule has 2 heterocycles. The van der Waals surface area contributed by atoms with Crippen molar-refractivity contribution in [1.29, 1.82) is 0 Å². The Bertz CT molecular complexity index is 610. The van der Waals surface area contributed by atoms with Gasteiger partial charge < -0.3 is 9.32 Å². The van der Waals surface area contributed by atoms with Crippen LogP contribution in [0.3, 0.4) is 0 Å². The predicted octanol–water partition coefficient (Wildman–Crippen LogP) is 3.56. The number of halogens is 2. The van der Waals surface area contributed by atoms with Gasteiger partial charge in [0, 0.05) is 19.2 Å². The minimum Gasteiger partial charge on any atom is -0.469 e. The van der Waals surface area contributed by atoms with E-state index in [1.54, 1.807) is 24.3 Å². The van der Waals surface area contributed by atoms with Crippen LogP contribution in [0.4, 0.5) is 0 Å². The molecule has 100 valence electrons. The van der Waals surface area contributed by atoms with Gasteiger partial charge in [0.25, 0.3) is 5.91 Å². The SMILES string of the molecule is Cc1occc1CN(C)C(=O)c1ccc(Cl)nc1Cl. The van der Waals surface area contributed by atoms with Crippen molar-refractivity contribution in [1.82, 2.24) is 9.88 Å². The second kappa shape index (κ2) is 5.63. The number of aromatic nitrogens is 1. The van der Waals surface area contributed by atoms with Crippen molar-refractivity contribution < 1.29 is 9.21 Å². The first-order valence-corrected chi connectivity index (χ1v) is 6.35. The van der Waals surface area contributed by atoms with E-state index in [2.05, 4.69) is 4.98 Å². The van der Waals surface area contributed by atoms with Crippen molar-refractivity contribution in [2.24, 2.45) is 0 Å². The van der Waals surface area contributed by atoms with Crippen LogP contribution >= 0.6 is 23.2 Å². The van der Waals surface area contributed by atoms with Crippen LogP contribution in [-0.4, -0.2) is 22.8 Å². The molecule has 0 fully saturated rings. The molecule has 19 heavy (non-hydrogen) atoms. The third kappa shape index (κ3) is 3.08. The number of pyridine rings is 1. The molecule has 0 aromatic carbocycles. The molecular weight excluding hydrogens is 287 g/mol. The first-order valence-electron chi connectivity index (χ1n) is 5.59. The lowest BCUT2D eigenvalue weighted by Crippen LogP contribution is -2.26. The van der Waals surface area contributed by atoms with Gasteiger partial charge in [-0.3, -0.25) is 4.79 Å². The van der Waals surface area contributed by atoms with E-state index in [0.717, 1.165) is 11.3 Å². The Balaban J connectivity index is 2.17. The van der Waals surface area contributed by atoms with E-state index in [9.17, 15) is 4.79 Å². The van der Waals surface area contributed by atoms with Gasteiger partial charge in [-0.1, -0.05) is 23.2 Å². The number of hydrogen-bond donors (Lipinski definition) is 0. The molecule has 0 saturated heterocycles. The lowest BCUT2D eigenvalue weighted by molar-refractivity contribution is 0.0784. The third-order valence-electron chi connectivity index (χ3n) is 2.77. The Labute approximate surface area is 120 Å². The molecule has 0 N–H and O–H groups in total. The molecule has 0 atom stereocenters. The molecule has 2 aromatic rings. The van der Waals surface area contributed by atoms with E-state index in [1.165, 1.54) is 6.07 Å². The normalized spacial score (nSPS) is 10.5. The van der Waals surface area contributed by atoms with Crippen LogP contribution in [0.2, 0.25) is 10.3 Å². The van der Waals surface area contributed by atoms with Crippen molar-refractivity contribution in [3.8, 4) is 0 Å². The topological polar surface area (TPSA) is 46.3 Å². The highest BCUT2D eigenvalue weighted by Crippen LogP contribution is 2.19. The number of nitrogens with zero attached hydrogens (tertiary/aromatic N) is 2. The minimum atomic E-state index is -0.213. The molecule has 4 nitrogen and oxygen atoms in total. The Hall–Kier alpha value is -1.52. The van der Waals surface area contributed by atoms with Crippen LogP contribution in [0.15, 0.2) is 28.9 Å². The highest BCUT2D eigenvalue weighted by atomic mass is 35.5. The van der Waals surface area contributed by atoms with Gasteiger partial charge in [0.2, 0.25) is 0 Å². The molecule has 0 aliphatic carbocycles. The lowest BCUT2D eigenvalue weighted by atomic mass is 10.2. The molecule has 0 aliphatic heterocycles. The number of hydrogen-bond acceptors (Lipinski definition) is 3. The standard InChI is InChI=1S/C13H12Cl2N2O2/c1-8-9(5-6-19-8)7-17(2)13(18)10-3-4-11(14)16-12(10)15/h3-6H,7H2,1-2H3. The quantitative estimate of drug-likeness (QED) is 0.814. The predicted molar refractivity (Wildman–Crippen MR) is 73.5 cm³/mol. The largest absolute Gasteiger partial charge is 0.469 e. The molecule has 0 bridgehead atoms. The van der Waals surface area contributed by atoms with Gasteiger partial charge in [-0.15, -0.1) is 0 Å². The Morgan fingerprint density at radius 1 is 1.37 bits per heavy atom. The van der Waals surface area contributed by atoms with Crippen molar-refractivity contribution in [2.75, 3.05) is 7.05 Å². The van der Waals surface area contributed by atoms with E-state index in [-0.39, 0.29) is 16.2 Å². The number of carbonyl (C=O) groups is 1. The van der Waals surface area contributed by atoms with Gasteiger partial charge in [-0.2, -0.15) is 0 Å². The van der Waals surface area contributed by atoms with Gasteiger partial charge in [0.05, 0.1) is 11.8 Å². The highest BCUT2D eigenvalue weighted by molar-refractivity contribution is 6.34.